The van der Waals surface area contributed by atoms with Crippen molar-refractivity contribution in [3.8, 4) is 16.9 Å². The Hall–Kier alpha value is -1.33. The molecule has 0 aliphatic heterocycles. The Bertz CT molecular complexity index is 533. The second kappa shape index (κ2) is 6.02. The van der Waals surface area contributed by atoms with Crippen LogP contribution in [-0.4, -0.2) is 22.1 Å². The van der Waals surface area contributed by atoms with Crippen LogP contribution in [0.2, 0.25) is 5.15 Å². The normalized spacial score (nSPS) is 10.3. The predicted molar refractivity (Wildman–Crippen MR) is 76.2 cm³/mol. The molecule has 0 bridgehead atoms. The maximum absolute atomic E-state index is 5.81. The topological polar surface area (TPSA) is 61.0 Å². The van der Waals surface area contributed by atoms with Gasteiger partial charge in [-0.05, 0) is 23.8 Å². The van der Waals surface area contributed by atoms with E-state index in [1.54, 1.807) is 6.07 Å². The van der Waals surface area contributed by atoms with Crippen LogP contribution in [0.3, 0.4) is 0 Å². The summed E-state index contributed by atoms with van der Waals surface area (Å²) in [6.45, 7) is 0.629. The van der Waals surface area contributed by atoms with E-state index >= 15 is 0 Å². The average Bonchev–Trinajstić information content (AvgIpc) is 2.40. The summed E-state index contributed by atoms with van der Waals surface area (Å²) in [5.74, 6) is 1.17. The molecule has 6 heteroatoms. The molecule has 2 rings (SSSR count). The Morgan fingerprint density at radius 1 is 1.22 bits per heavy atom. The number of nitrogens with zero attached hydrogens (tertiary/aromatic N) is 2. The third kappa shape index (κ3) is 3.11. The number of hydrogen-bond acceptors (Lipinski definition) is 4. The van der Waals surface area contributed by atoms with Crippen LogP contribution >= 0.6 is 27.5 Å². The number of aromatic nitrogens is 2. The molecule has 0 radical (unpaired) electrons. The number of anilines is 1. The van der Waals surface area contributed by atoms with Crippen molar-refractivity contribution in [3.63, 3.8) is 0 Å². The summed E-state index contributed by atoms with van der Waals surface area (Å²) >= 11 is 9.11. The molecule has 0 aliphatic carbocycles. The number of nitrogen functional groups attached to an aromatic ring is 1. The number of alkyl halides is 1. The van der Waals surface area contributed by atoms with Gasteiger partial charge in [-0.2, -0.15) is 0 Å². The van der Waals surface area contributed by atoms with Gasteiger partial charge in [-0.1, -0.05) is 39.7 Å². The van der Waals surface area contributed by atoms with Gasteiger partial charge in [0, 0.05) is 10.9 Å². The van der Waals surface area contributed by atoms with Gasteiger partial charge in [0.25, 0.3) is 0 Å². The van der Waals surface area contributed by atoms with Crippen LogP contribution in [0.4, 0.5) is 5.82 Å². The lowest BCUT2D eigenvalue weighted by Crippen LogP contribution is -1.98. The fourth-order valence-corrected chi connectivity index (χ4v) is 1.80. The fraction of sp³-hybridized carbons (Fsp3) is 0.167. The Kier molecular flexibility index (Phi) is 4.38. The van der Waals surface area contributed by atoms with E-state index in [0.717, 1.165) is 22.2 Å². The molecule has 0 fully saturated rings. The number of halogens is 2. The molecule has 0 saturated carbocycles. The van der Waals surface area contributed by atoms with E-state index in [1.807, 2.05) is 24.3 Å². The van der Waals surface area contributed by atoms with Crippen LogP contribution in [0.15, 0.2) is 30.3 Å². The van der Waals surface area contributed by atoms with Gasteiger partial charge in [0.05, 0.1) is 6.61 Å². The third-order valence-corrected chi connectivity index (χ3v) is 2.81. The SMILES string of the molecule is Nc1nnc(Cl)cc1-c1ccc(OCCBr)cc1. The van der Waals surface area contributed by atoms with E-state index < -0.39 is 0 Å². The van der Waals surface area contributed by atoms with E-state index in [4.69, 9.17) is 22.1 Å². The predicted octanol–water partition coefficient (Wildman–Crippen LogP) is 3.15. The highest BCUT2D eigenvalue weighted by Crippen LogP contribution is 2.27. The number of hydrogen-bond donors (Lipinski definition) is 1. The number of ether oxygens (including phenoxy) is 1. The van der Waals surface area contributed by atoms with Gasteiger partial charge in [-0.25, -0.2) is 0 Å². The van der Waals surface area contributed by atoms with Crippen LogP contribution in [0.5, 0.6) is 5.75 Å². The van der Waals surface area contributed by atoms with Crippen molar-refractivity contribution in [2.75, 3.05) is 17.7 Å². The number of rotatable bonds is 4. The fourth-order valence-electron chi connectivity index (χ4n) is 1.50. The summed E-state index contributed by atoms with van der Waals surface area (Å²) in [7, 11) is 0. The van der Waals surface area contributed by atoms with Crippen LogP contribution in [0.25, 0.3) is 11.1 Å². The van der Waals surface area contributed by atoms with E-state index in [2.05, 4.69) is 26.1 Å². The summed E-state index contributed by atoms with van der Waals surface area (Å²) in [6.07, 6.45) is 0. The zero-order valence-corrected chi connectivity index (χ0v) is 11.8. The highest BCUT2D eigenvalue weighted by atomic mass is 79.9. The molecule has 1 aromatic carbocycles. The zero-order chi connectivity index (χ0) is 13.0. The lowest BCUT2D eigenvalue weighted by Gasteiger charge is -2.07. The van der Waals surface area contributed by atoms with Crippen LogP contribution in [0, 0.1) is 0 Å². The molecule has 0 unspecified atom stereocenters. The lowest BCUT2D eigenvalue weighted by atomic mass is 10.1. The smallest absolute Gasteiger partial charge is 0.154 e. The maximum atomic E-state index is 5.81. The largest absolute Gasteiger partial charge is 0.493 e. The highest BCUT2D eigenvalue weighted by Gasteiger charge is 2.06. The molecule has 0 amide bonds. The molecule has 0 spiro atoms. The van der Waals surface area contributed by atoms with Crippen molar-refractivity contribution >= 4 is 33.3 Å². The summed E-state index contributed by atoms with van der Waals surface area (Å²) in [5.41, 5.74) is 7.46. The van der Waals surface area contributed by atoms with Crippen molar-refractivity contribution in [2.45, 2.75) is 0 Å². The molecule has 1 aromatic heterocycles. The molecule has 1 heterocycles. The molecule has 0 aliphatic rings. The monoisotopic (exact) mass is 327 g/mol. The van der Waals surface area contributed by atoms with Gasteiger partial charge in [0.1, 0.15) is 5.75 Å². The van der Waals surface area contributed by atoms with Crippen molar-refractivity contribution in [2.24, 2.45) is 0 Å². The summed E-state index contributed by atoms with van der Waals surface area (Å²) in [5, 5.41) is 8.58. The molecule has 18 heavy (non-hydrogen) atoms. The minimum absolute atomic E-state index is 0.318. The average molecular weight is 329 g/mol. The van der Waals surface area contributed by atoms with E-state index in [9.17, 15) is 0 Å². The quantitative estimate of drug-likeness (QED) is 0.876. The van der Waals surface area contributed by atoms with Crippen LogP contribution in [-0.2, 0) is 0 Å². The van der Waals surface area contributed by atoms with Crippen molar-refractivity contribution in [3.05, 3.63) is 35.5 Å². The van der Waals surface area contributed by atoms with Crippen molar-refractivity contribution < 1.29 is 4.74 Å². The summed E-state index contributed by atoms with van der Waals surface area (Å²) in [4.78, 5) is 0. The van der Waals surface area contributed by atoms with Crippen LogP contribution in [0.1, 0.15) is 0 Å². The molecular formula is C12H11BrClN3O. The number of benzene rings is 1. The minimum Gasteiger partial charge on any atom is -0.493 e. The molecule has 0 atom stereocenters. The van der Waals surface area contributed by atoms with Gasteiger partial charge in [0.2, 0.25) is 0 Å². The Morgan fingerprint density at radius 3 is 2.61 bits per heavy atom. The summed E-state index contributed by atoms with van der Waals surface area (Å²) in [6, 6.07) is 9.27. The molecule has 4 nitrogen and oxygen atoms in total. The van der Waals surface area contributed by atoms with E-state index in [-0.39, 0.29) is 0 Å². The van der Waals surface area contributed by atoms with Gasteiger partial charge < -0.3 is 10.5 Å². The van der Waals surface area contributed by atoms with E-state index in [0.29, 0.717) is 17.6 Å². The molecule has 0 saturated heterocycles. The summed E-state index contributed by atoms with van der Waals surface area (Å²) < 4.78 is 5.47. The first-order valence-corrected chi connectivity index (χ1v) is 6.78. The second-order valence-corrected chi connectivity index (χ2v) is 4.71. The standard InChI is InChI=1S/C12H11BrClN3O/c13-5-6-18-9-3-1-8(2-4-9)10-7-11(14)16-17-12(10)15/h1-4,7H,5-6H2,(H2,15,17). The first-order valence-electron chi connectivity index (χ1n) is 5.28. The second-order valence-electron chi connectivity index (χ2n) is 3.53. The van der Waals surface area contributed by atoms with E-state index in [1.165, 1.54) is 0 Å². The van der Waals surface area contributed by atoms with Crippen molar-refractivity contribution in [1.82, 2.24) is 10.2 Å². The lowest BCUT2D eigenvalue weighted by molar-refractivity contribution is 0.345. The first-order chi connectivity index (χ1) is 8.70. The minimum atomic E-state index is 0.318. The van der Waals surface area contributed by atoms with Gasteiger partial charge in [0.15, 0.2) is 11.0 Å². The number of nitrogens with two attached hydrogens (primary N) is 1. The van der Waals surface area contributed by atoms with Gasteiger partial charge in [-0.15, -0.1) is 10.2 Å². The maximum Gasteiger partial charge on any atom is 0.154 e. The zero-order valence-electron chi connectivity index (χ0n) is 9.44. The first kappa shape index (κ1) is 13.1. The van der Waals surface area contributed by atoms with Gasteiger partial charge >= 0.3 is 0 Å². The highest BCUT2D eigenvalue weighted by molar-refractivity contribution is 9.09. The van der Waals surface area contributed by atoms with Crippen LogP contribution < -0.4 is 10.5 Å². The molecule has 94 valence electrons. The third-order valence-electron chi connectivity index (χ3n) is 2.30. The van der Waals surface area contributed by atoms with Crippen molar-refractivity contribution in [1.29, 1.82) is 0 Å². The van der Waals surface area contributed by atoms with Gasteiger partial charge in [-0.3, -0.25) is 0 Å². The molecule has 2 N–H and O–H groups in total. The molecular weight excluding hydrogens is 318 g/mol. The Labute approximate surface area is 118 Å². The molecule has 2 aromatic rings. The Balaban J connectivity index is 2.25. The Morgan fingerprint density at radius 2 is 1.94 bits per heavy atom.